The number of hydrogen-bond acceptors (Lipinski definition) is 6. The van der Waals surface area contributed by atoms with Gasteiger partial charge in [0.1, 0.15) is 0 Å². The summed E-state index contributed by atoms with van der Waals surface area (Å²) in [4.78, 5) is 38.6. The van der Waals surface area contributed by atoms with Crippen molar-refractivity contribution in [2.45, 2.75) is 45.2 Å². The summed E-state index contributed by atoms with van der Waals surface area (Å²) < 4.78 is 6.42. The third-order valence-corrected chi connectivity index (χ3v) is 6.11. The molecular weight excluding hydrogens is 458 g/mol. The lowest BCUT2D eigenvalue weighted by Crippen LogP contribution is -2.57. The van der Waals surface area contributed by atoms with Gasteiger partial charge >= 0.3 is 6.09 Å². The van der Waals surface area contributed by atoms with Crippen LogP contribution in [0.25, 0.3) is 6.08 Å². The molecule has 0 radical (unpaired) electrons. The highest BCUT2D eigenvalue weighted by atomic mass is 79.9. The number of thioether (sulfide) groups is 1. The molecule has 7 nitrogen and oxygen atoms in total. The Bertz CT molecular complexity index is 860. The van der Waals surface area contributed by atoms with Gasteiger partial charge in [0.15, 0.2) is 5.75 Å². The molecule has 2 N–H and O–H groups in total. The number of carbonyl (C=O) groups excluding carboxylic acids is 3. The minimum Gasteiger partial charge on any atom is -0.408 e. The third-order valence-electron chi connectivity index (χ3n) is 4.67. The number of ether oxygens (including phenoxy) is 1. The first-order valence-electron chi connectivity index (χ1n) is 9.42. The monoisotopic (exact) mass is 481 g/mol. The molecule has 2 heterocycles. The van der Waals surface area contributed by atoms with Gasteiger partial charge in [-0.05, 0) is 80.0 Å². The molecule has 3 rings (SSSR count). The van der Waals surface area contributed by atoms with Gasteiger partial charge in [0.05, 0.1) is 9.38 Å². The topological polar surface area (TPSA) is 87.7 Å². The molecule has 0 spiro atoms. The van der Waals surface area contributed by atoms with Gasteiger partial charge in [-0.15, -0.1) is 0 Å². The van der Waals surface area contributed by atoms with Crippen molar-refractivity contribution in [3.63, 3.8) is 0 Å². The molecule has 156 valence electrons. The third kappa shape index (κ3) is 5.21. The van der Waals surface area contributed by atoms with Crippen molar-refractivity contribution in [3.8, 4) is 5.75 Å². The maximum absolute atomic E-state index is 13.2. The summed E-state index contributed by atoms with van der Waals surface area (Å²) >= 11 is 4.26. The van der Waals surface area contributed by atoms with Gasteiger partial charge < -0.3 is 10.1 Å². The molecule has 1 aromatic rings. The largest absolute Gasteiger partial charge is 0.416 e. The lowest BCUT2D eigenvalue weighted by atomic mass is 9.99. The Morgan fingerprint density at radius 2 is 2.10 bits per heavy atom. The van der Waals surface area contributed by atoms with Gasteiger partial charge in [-0.3, -0.25) is 19.8 Å². The van der Waals surface area contributed by atoms with Crippen LogP contribution in [0.1, 0.15) is 39.2 Å². The molecule has 9 heteroatoms. The summed E-state index contributed by atoms with van der Waals surface area (Å²) in [5, 5.41) is 5.15. The predicted octanol–water partition coefficient (Wildman–Crippen LogP) is 4.12. The molecular formula is C20H24BrN3O4S. The average Bonchev–Trinajstić information content (AvgIpc) is 2.95. The van der Waals surface area contributed by atoms with Crippen LogP contribution in [0.2, 0.25) is 0 Å². The number of rotatable bonds is 3. The van der Waals surface area contributed by atoms with E-state index in [4.69, 9.17) is 4.74 Å². The standard InChI is InChI=1S/C20H24BrN3O4S/c1-20(2,3)24(13-7-5-9-22-11-13)19(27)28-16-12(6-4-8-14(16)21)10-15-17(25)23-18(26)29-15/h4,6,8,10,13,22H,5,7,9,11H2,1-3H3,(H,23,25,26). The number of imide groups is 1. The normalized spacial score (nSPS) is 21.2. The van der Waals surface area contributed by atoms with Crippen molar-refractivity contribution >= 4 is 51.0 Å². The van der Waals surface area contributed by atoms with Crippen LogP contribution in [-0.2, 0) is 4.79 Å². The van der Waals surface area contributed by atoms with Crippen molar-refractivity contribution in [2.24, 2.45) is 0 Å². The molecule has 3 amide bonds. The minimum absolute atomic E-state index is 0.0364. The zero-order chi connectivity index (χ0) is 21.2. The Morgan fingerprint density at radius 1 is 1.34 bits per heavy atom. The summed E-state index contributed by atoms with van der Waals surface area (Å²) in [5.41, 5.74) is 0.115. The number of nitrogens with one attached hydrogen (secondary N) is 2. The van der Waals surface area contributed by atoms with E-state index in [0.717, 1.165) is 37.7 Å². The summed E-state index contributed by atoms with van der Waals surface area (Å²) in [6, 6.07) is 5.32. The number of amides is 3. The van der Waals surface area contributed by atoms with E-state index in [1.54, 1.807) is 29.2 Å². The van der Waals surface area contributed by atoms with E-state index in [2.05, 4.69) is 26.6 Å². The van der Waals surface area contributed by atoms with Crippen molar-refractivity contribution in [2.75, 3.05) is 13.1 Å². The first-order valence-corrected chi connectivity index (χ1v) is 11.0. The second-order valence-electron chi connectivity index (χ2n) is 7.92. The van der Waals surface area contributed by atoms with E-state index in [0.29, 0.717) is 15.8 Å². The van der Waals surface area contributed by atoms with Gasteiger partial charge in [0.25, 0.3) is 11.1 Å². The highest BCUT2D eigenvalue weighted by Crippen LogP contribution is 2.35. The smallest absolute Gasteiger partial charge is 0.408 e. The summed E-state index contributed by atoms with van der Waals surface area (Å²) in [7, 11) is 0. The van der Waals surface area contributed by atoms with Crippen LogP contribution in [0.5, 0.6) is 5.75 Å². The molecule has 0 aliphatic carbocycles. The number of hydrogen-bond donors (Lipinski definition) is 2. The molecule has 2 fully saturated rings. The number of carbonyl (C=O) groups is 3. The molecule has 0 bridgehead atoms. The molecule has 2 saturated heterocycles. The second kappa shape index (κ2) is 8.89. The van der Waals surface area contributed by atoms with Crippen LogP contribution in [-0.4, -0.2) is 46.8 Å². The zero-order valence-corrected chi connectivity index (χ0v) is 19.0. The van der Waals surface area contributed by atoms with E-state index >= 15 is 0 Å². The average molecular weight is 482 g/mol. The fourth-order valence-corrected chi connectivity index (χ4v) is 4.61. The first-order chi connectivity index (χ1) is 13.7. The Labute approximate surface area is 182 Å². The van der Waals surface area contributed by atoms with E-state index in [-0.39, 0.29) is 10.9 Å². The van der Waals surface area contributed by atoms with Crippen molar-refractivity contribution < 1.29 is 19.1 Å². The fraction of sp³-hybridized carbons (Fsp3) is 0.450. The molecule has 1 atom stereocenters. The number of para-hydroxylation sites is 1. The van der Waals surface area contributed by atoms with Crippen LogP contribution in [0.4, 0.5) is 9.59 Å². The van der Waals surface area contributed by atoms with Gasteiger partial charge in [-0.25, -0.2) is 4.79 Å². The minimum atomic E-state index is -0.457. The van der Waals surface area contributed by atoms with Crippen molar-refractivity contribution in [3.05, 3.63) is 33.1 Å². The SMILES string of the molecule is CC(C)(C)N(C(=O)Oc1c(Br)cccc1C=C1SC(=O)NC1=O)C1CCCNC1. The first kappa shape index (κ1) is 21.9. The second-order valence-corrected chi connectivity index (χ2v) is 9.79. The summed E-state index contributed by atoms with van der Waals surface area (Å²) in [6.07, 6.45) is 3.02. The maximum Gasteiger partial charge on any atom is 0.416 e. The van der Waals surface area contributed by atoms with E-state index < -0.39 is 22.8 Å². The highest BCUT2D eigenvalue weighted by molar-refractivity contribution is 9.10. The van der Waals surface area contributed by atoms with E-state index in [1.807, 2.05) is 20.8 Å². The summed E-state index contributed by atoms with van der Waals surface area (Å²) in [6.45, 7) is 7.62. The van der Waals surface area contributed by atoms with Gasteiger partial charge in [-0.2, -0.15) is 0 Å². The van der Waals surface area contributed by atoms with E-state index in [1.165, 1.54) is 0 Å². The molecule has 0 aromatic heterocycles. The maximum atomic E-state index is 13.2. The van der Waals surface area contributed by atoms with Crippen LogP contribution >= 0.6 is 27.7 Å². The predicted molar refractivity (Wildman–Crippen MR) is 117 cm³/mol. The lowest BCUT2D eigenvalue weighted by Gasteiger charge is -2.42. The van der Waals surface area contributed by atoms with Crippen molar-refractivity contribution in [1.82, 2.24) is 15.5 Å². The molecule has 29 heavy (non-hydrogen) atoms. The van der Waals surface area contributed by atoms with Crippen LogP contribution in [0.15, 0.2) is 27.6 Å². The molecule has 2 aliphatic rings. The quantitative estimate of drug-likeness (QED) is 0.631. The highest BCUT2D eigenvalue weighted by Gasteiger charge is 2.36. The fourth-order valence-electron chi connectivity index (χ4n) is 3.47. The van der Waals surface area contributed by atoms with Gasteiger partial charge in [0.2, 0.25) is 0 Å². The zero-order valence-electron chi connectivity index (χ0n) is 16.6. The van der Waals surface area contributed by atoms with Crippen LogP contribution in [0.3, 0.4) is 0 Å². The lowest BCUT2D eigenvalue weighted by molar-refractivity contribution is -0.115. The number of benzene rings is 1. The Balaban J connectivity index is 1.90. The van der Waals surface area contributed by atoms with Crippen LogP contribution < -0.4 is 15.4 Å². The molecule has 1 aromatic carbocycles. The molecule has 2 aliphatic heterocycles. The van der Waals surface area contributed by atoms with Crippen molar-refractivity contribution in [1.29, 1.82) is 0 Å². The Kier molecular flexibility index (Phi) is 6.70. The van der Waals surface area contributed by atoms with Gasteiger partial charge in [-0.1, -0.05) is 12.1 Å². The Morgan fingerprint density at radius 3 is 2.69 bits per heavy atom. The number of nitrogens with zero attached hydrogens (tertiary/aromatic N) is 1. The van der Waals surface area contributed by atoms with Crippen LogP contribution in [0, 0.1) is 0 Å². The number of piperidine rings is 1. The Hall–Kier alpha value is -1.84. The summed E-state index contributed by atoms with van der Waals surface area (Å²) in [5.74, 6) is -0.141. The number of halogens is 1. The van der Waals surface area contributed by atoms with E-state index in [9.17, 15) is 14.4 Å². The molecule has 1 unspecified atom stereocenters. The molecule has 0 saturated carbocycles. The van der Waals surface area contributed by atoms with Gasteiger partial charge in [0, 0.05) is 23.7 Å².